The van der Waals surface area contributed by atoms with E-state index >= 15 is 0 Å². The van der Waals surface area contributed by atoms with Crippen LogP contribution in [0.5, 0.6) is 0 Å². The maximum absolute atomic E-state index is 13.1. The van der Waals surface area contributed by atoms with Crippen molar-refractivity contribution in [3.8, 4) is 0 Å². The zero-order chi connectivity index (χ0) is 20.9. The summed E-state index contributed by atoms with van der Waals surface area (Å²) in [6, 6.07) is 9.30. The van der Waals surface area contributed by atoms with E-state index in [1.54, 1.807) is 0 Å². The lowest BCUT2D eigenvalue weighted by Crippen LogP contribution is -2.36. The number of rotatable bonds is 4. The number of carbonyl (C=O) groups excluding carboxylic acids is 1. The monoisotopic (exact) mass is 409 g/mol. The van der Waals surface area contributed by atoms with Crippen LogP contribution in [0.2, 0.25) is 0 Å². The largest absolute Gasteiger partial charge is 0.416 e. The first-order valence-electron chi connectivity index (χ1n) is 8.98. The number of alkyl halides is 3. The fourth-order valence-corrected chi connectivity index (χ4v) is 2.75. The molecular formula is C20H19F4N3O2. The topological polar surface area (TPSA) is 62.7 Å². The Morgan fingerprint density at radius 3 is 2.38 bits per heavy atom. The fraction of sp³-hybridized carbons (Fsp3) is 0.300. The molecule has 0 radical (unpaired) electrons. The number of anilines is 1. The van der Waals surface area contributed by atoms with Gasteiger partial charge in [-0.05, 0) is 61.4 Å². The number of benzene rings is 2. The molecule has 1 atom stereocenters. The van der Waals surface area contributed by atoms with Gasteiger partial charge in [0, 0.05) is 17.9 Å². The van der Waals surface area contributed by atoms with Crippen molar-refractivity contribution in [1.29, 1.82) is 0 Å². The second kappa shape index (κ2) is 9.04. The molecule has 0 aromatic heterocycles. The maximum Gasteiger partial charge on any atom is 0.416 e. The normalized spacial score (nSPS) is 17.2. The highest BCUT2D eigenvalue weighted by Gasteiger charge is 2.30. The van der Waals surface area contributed by atoms with Gasteiger partial charge in [0.05, 0.1) is 18.2 Å². The summed E-state index contributed by atoms with van der Waals surface area (Å²) in [6.45, 7) is 0.954. The van der Waals surface area contributed by atoms with Crippen molar-refractivity contribution in [2.75, 3.05) is 18.5 Å². The standard InChI is InChI=1S/C20H19F4N3O2/c21-15-7-9-16(10-8-15)26-19(25-12-17-2-1-11-29-17)27-18(28)13-3-5-14(6-4-13)20(22,23)24/h3-10,17H,1-2,11-12H2,(H2,25,26,27,28)/t17-/m0/s1. The van der Waals surface area contributed by atoms with Gasteiger partial charge >= 0.3 is 6.18 Å². The third-order valence-electron chi connectivity index (χ3n) is 4.29. The molecule has 1 aliphatic heterocycles. The summed E-state index contributed by atoms with van der Waals surface area (Å²) in [5, 5.41) is 5.43. The van der Waals surface area contributed by atoms with Gasteiger partial charge in [-0.1, -0.05) is 0 Å². The molecule has 0 aliphatic carbocycles. The van der Waals surface area contributed by atoms with E-state index in [-0.39, 0.29) is 17.6 Å². The van der Waals surface area contributed by atoms with Crippen LogP contribution in [-0.2, 0) is 10.9 Å². The lowest BCUT2D eigenvalue weighted by molar-refractivity contribution is -0.137. The van der Waals surface area contributed by atoms with Gasteiger partial charge < -0.3 is 10.1 Å². The van der Waals surface area contributed by atoms with Crippen LogP contribution in [0.15, 0.2) is 53.5 Å². The molecule has 0 spiro atoms. The maximum atomic E-state index is 13.1. The van der Waals surface area contributed by atoms with Gasteiger partial charge in [-0.15, -0.1) is 0 Å². The minimum absolute atomic E-state index is 0.0451. The molecule has 154 valence electrons. The van der Waals surface area contributed by atoms with E-state index in [2.05, 4.69) is 15.6 Å². The van der Waals surface area contributed by atoms with Crippen molar-refractivity contribution in [3.63, 3.8) is 0 Å². The van der Waals surface area contributed by atoms with Crippen molar-refractivity contribution in [1.82, 2.24) is 5.32 Å². The van der Waals surface area contributed by atoms with E-state index in [0.29, 0.717) is 18.8 Å². The average molecular weight is 409 g/mol. The molecule has 0 saturated carbocycles. The second-order valence-electron chi connectivity index (χ2n) is 6.49. The summed E-state index contributed by atoms with van der Waals surface area (Å²) in [4.78, 5) is 16.8. The zero-order valence-electron chi connectivity index (χ0n) is 15.3. The van der Waals surface area contributed by atoms with Crippen molar-refractivity contribution in [2.24, 2.45) is 4.99 Å². The van der Waals surface area contributed by atoms with Crippen LogP contribution < -0.4 is 10.6 Å². The first-order chi connectivity index (χ1) is 13.8. The highest BCUT2D eigenvalue weighted by molar-refractivity contribution is 6.09. The van der Waals surface area contributed by atoms with Crippen LogP contribution in [0.4, 0.5) is 23.2 Å². The van der Waals surface area contributed by atoms with Gasteiger partial charge in [0.2, 0.25) is 5.96 Å². The lowest BCUT2D eigenvalue weighted by atomic mass is 10.1. The van der Waals surface area contributed by atoms with Crippen LogP contribution in [0.3, 0.4) is 0 Å². The molecule has 5 nitrogen and oxygen atoms in total. The number of aliphatic imine (C=N–C) groups is 1. The summed E-state index contributed by atoms with van der Waals surface area (Å²) >= 11 is 0. The number of ether oxygens (including phenoxy) is 1. The predicted molar refractivity (Wildman–Crippen MR) is 100 cm³/mol. The first-order valence-corrected chi connectivity index (χ1v) is 8.98. The van der Waals surface area contributed by atoms with Crippen LogP contribution >= 0.6 is 0 Å². The summed E-state index contributed by atoms with van der Waals surface area (Å²) in [7, 11) is 0. The quantitative estimate of drug-likeness (QED) is 0.452. The van der Waals surface area contributed by atoms with Gasteiger partial charge in [0.1, 0.15) is 5.82 Å². The van der Waals surface area contributed by atoms with Crippen LogP contribution in [-0.4, -0.2) is 31.1 Å². The van der Waals surface area contributed by atoms with Gasteiger partial charge in [-0.2, -0.15) is 13.2 Å². The van der Waals surface area contributed by atoms with Crippen molar-refractivity contribution >= 4 is 17.6 Å². The number of amides is 1. The van der Waals surface area contributed by atoms with Gasteiger partial charge in [-0.3, -0.25) is 10.1 Å². The van der Waals surface area contributed by atoms with E-state index < -0.39 is 23.5 Å². The number of carbonyl (C=O) groups is 1. The second-order valence-corrected chi connectivity index (χ2v) is 6.49. The highest BCUT2D eigenvalue weighted by Crippen LogP contribution is 2.29. The van der Waals surface area contributed by atoms with Crippen LogP contribution in [0.25, 0.3) is 0 Å². The summed E-state index contributed by atoms with van der Waals surface area (Å²) < 4.78 is 56.6. The Balaban J connectivity index is 1.73. The molecule has 2 N–H and O–H groups in total. The SMILES string of the molecule is O=C(NC(=NC[C@@H]1CCCO1)Nc1ccc(F)cc1)c1ccc(C(F)(F)F)cc1. The summed E-state index contributed by atoms with van der Waals surface area (Å²) in [6.07, 6.45) is -2.77. The van der Waals surface area contributed by atoms with Crippen molar-refractivity contribution in [2.45, 2.75) is 25.1 Å². The molecule has 3 rings (SSSR count). The Hall–Kier alpha value is -2.94. The van der Waals surface area contributed by atoms with Crippen molar-refractivity contribution in [3.05, 3.63) is 65.5 Å². The first kappa shape index (κ1) is 20.8. The van der Waals surface area contributed by atoms with Crippen molar-refractivity contribution < 1.29 is 27.1 Å². The van der Waals surface area contributed by atoms with E-state index in [0.717, 1.165) is 37.1 Å². The Morgan fingerprint density at radius 1 is 1.10 bits per heavy atom. The molecular weight excluding hydrogens is 390 g/mol. The molecule has 2 aromatic rings. The Bertz CT molecular complexity index is 859. The molecule has 29 heavy (non-hydrogen) atoms. The molecule has 1 aliphatic rings. The van der Waals surface area contributed by atoms with Gasteiger partial charge in [0.25, 0.3) is 5.91 Å². The number of nitrogens with zero attached hydrogens (tertiary/aromatic N) is 1. The Labute approximate surface area is 164 Å². The lowest BCUT2D eigenvalue weighted by Gasteiger charge is -2.14. The zero-order valence-corrected chi connectivity index (χ0v) is 15.3. The number of guanidine groups is 1. The molecule has 1 fully saturated rings. The number of hydrogen-bond donors (Lipinski definition) is 2. The Morgan fingerprint density at radius 2 is 1.79 bits per heavy atom. The third kappa shape index (κ3) is 6.02. The smallest absolute Gasteiger partial charge is 0.376 e. The Kier molecular flexibility index (Phi) is 6.48. The average Bonchev–Trinajstić information content (AvgIpc) is 3.21. The molecule has 9 heteroatoms. The molecule has 0 unspecified atom stereocenters. The van der Waals surface area contributed by atoms with E-state index in [1.165, 1.54) is 24.3 Å². The highest BCUT2D eigenvalue weighted by atomic mass is 19.4. The molecule has 1 amide bonds. The molecule has 0 bridgehead atoms. The van der Waals surface area contributed by atoms with E-state index in [4.69, 9.17) is 4.74 Å². The summed E-state index contributed by atoms with van der Waals surface area (Å²) in [5.41, 5.74) is -0.306. The minimum atomic E-state index is -4.48. The number of nitrogens with one attached hydrogen (secondary N) is 2. The van der Waals surface area contributed by atoms with E-state index in [9.17, 15) is 22.4 Å². The minimum Gasteiger partial charge on any atom is -0.376 e. The van der Waals surface area contributed by atoms with Crippen LogP contribution in [0, 0.1) is 5.82 Å². The predicted octanol–water partition coefficient (Wildman–Crippen LogP) is 4.22. The number of hydrogen-bond acceptors (Lipinski definition) is 3. The summed E-state index contributed by atoms with van der Waals surface area (Å²) in [5.74, 6) is -0.946. The molecule has 1 heterocycles. The van der Waals surface area contributed by atoms with E-state index in [1.807, 2.05) is 0 Å². The molecule has 2 aromatic carbocycles. The van der Waals surface area contributed by atoms with Crippen LogP contribution in [0.1, 0.15) is 28.8 Å². The fourth-order valence-electron chi connectivity index (χ4n) is 2.75. The third-order valence-corrected chi connectivity index (χ3v) is 4.29. The van der Waals surface area contributed by atoms with Gasteiger partial charge in [0.15, 0.2) is 0 Å². The van der Waals surface area contributed by atoms with Gasteiger partial charge in [-0.25, -0.2) is 9.38 Å². The number of halogens is 4. The molecule has 1 saturated heterocycles.